The molecule has 3 unspecified atom stereocenters. The number of hydrogen-bond donors (Lipinski definition) is 2. The molecule has 3 atom stereocenters. The molecule has 0 aromatic heterocycles. The van der Waals surface area contributed by atoms with Gasteiger partial charge in [0.05, 0.1) is 5.92 Å². The minimum atomic E-state index is -0.921. The van der Waals surface area contributed by atoms with Crippen molar-refractivity contribution in [3.63, 3.8) is 0 Å². The van der Waals surface area contributed by atoms with Gasteiger partial charge in [-0.2, -0.15) is 0 Å². The summed E-state index contributed by atoms with van der Waals surface area (Å²) in [6, 6.07) is 15.5. The molecule has 3 rings (SSSR count). The van der Waals surface area contributed by atoms with Gasteiger partial charge in [0.1, 0.15) is 5.82 Å². The van der Waals surface area contributed by atoms with Crippen LogP contribution in [0.4, 0.5) is 4.39 Å². The minimum absolute atomic E-state index is 0.0954. The van der Waals surface area contributed by atoms with E-state index >= 15 is 0 Å². The Kier molecular flexibility index (Phi) is 5.12. The van der Waals surface area contributed by atoms with Gasteiger partial charge < -0.3 is 10.4 Å². The molecule has 5 heteroatoms. The summed E-state index contributed by atoms with van der Waals surface area (Å²) in [5.41, 5.74) is 1.88. The number of benzene rings is 2. The molecule has 0 radical (unpaired) electrons. The molecule has 4 nitrogen and oxygen atoms in total. The zero-order valence-electron chi connectivity index (χ0n) is 13.7. The fraction of sp³-hybridized carbons (Fsp3) is 0.300. The second-order valence-corrected chi connectivity index (χ2v) is 6.47. The van der Waals surface area contributed by atoms with Gasteiger partial charge in [-0.1, -0.05) is 42.5 Å². The predicted octanol–water partition coefficient (Wildman–Crippen LogP) is 2.99. The summed E-state index contributed by atoms with van der Waals surface area (Å²) < 4.78 is 13.0. The maximum Gasteiger partial charge on any atom is 0.308 e. The maximum atomic E-state index is 13.0. The van der Waals surface area contributed by atoms with Crippen molar-refractivity contribution >= 4 is 11.9 Å². The van der Waals surface area contributed by atoms with Gasteiger partial charge in [0, 0.05) is 12.5 Å². The third-order valence-corrected chi connectivity index (χ3v) is 4.62. The molecular weight excluding hydrogens is 321 g/mol. The average Bonchev–Trinajstić information content (AvgIpc) is 3.40. The Balaban J connectivity index is 1.52. The fourth-order valence-electron chi connectivity index (χ4n) is 3.06. The molecule has 0 saturated heterocycles. The molecule has 1 aliphatic carbocycles. The molecule has 2 aromatic rings. The molecule has 1 amide bonds. The predicted molar refractivity (Wildman–Crippen MR) is 91.5 cm³/mol. The lowest BCUT2D eigenvalue weighted by Crippen LogP contribution is -2.35. The van der Waals surface area contributed by atoms with E-state index in [1.807, 2.05) is 30.3 Å². The molecule has 2 aromatic carbocycles. The molecule has 0 aliphatic heterocycles. The SMILES string of the molecule is O=C(O)C(CNC(=O)C1CC1c1ccc(F)cc1)Cc1ccccc1. The first-order valence-corrected chi connectivity index (χ1v) is 8.34. The van der Waals surface area contributed by atoms with E-state index in [1.54, 1.807) is 12.1 Å². The third-order valence-electron chi connectivity index (χ3n) is 4.62. The first-order valence-electron chi connectivity index (χ1n) is 8.34. The largest absolute Gasteiger partial charge is 0.481 e. The van der Waals surface area contributed by atoms with E-state index in [9.17, 15) is 19.1 Å². The quantitative estimate of drug-likeness (QED) is 0.814. The van der Waals surface area contributed by atoms with Crippen LogP contribution >= 0.6 is 0 Å². The van der Waals surface area contributed by atoms with Crippen LogP contribution in [0.15, 0.2) is 54.6 Å². The highest BCUT2D eigenvalue weighted by atomic mass is 19.1. The van der Waals surface area contributed by atoms with Crippen LogP contribution in [0.5, 0.6) is 0 Å². The Hall–Kier alpha value is -2.69. The van der Waals surface area contributed by atoms with Gasteiger partial charge in [-0.05, 0) is 42.0 Å². The summed E-state index contributed by atoms with van der Waals surface area (Å²) in [6.45, 7) is 0.107. The second kappa shape index (κ2) is 7.47. The summed E-state index contributed by atoms with van der Waals surface area (Å²) in [5, 5.41) is 12.1. The molecule has 0 spiro atoms. The lowest BCUT2D eigenvalue weighted by atomic mass is 9.99. The minimum Gasteiger partial charge on any atom is -0.481 e. The van der Waals surface area contributed by atoms with Gasteiger partial charge in [0.15, 0.2) is 0 Å². The summed E-state index contributed by atoms with van der Waals surface area (Å²) in [6.07, 6.45) is 1.09. The Morgan fingerprint density at radius 1 is 1.12 bits per heavy atom. The summed E-state index contributed by atoms with van der Waals surface area (Å²) in [7, 11) is 0. The van der Waals surface area contributed by atoms with Crippen molar-refractivity contribution in [1.29, 1.82) is 0 Å². The summed E-state index contributed by atoms with van der Waals surface area (Å²) >= 11 is 0. The van der Waals surface area contributed by atoms with E-state index < -0.39 is 11.9 Å². The summed E-state index contributed by atoms with van der Waals surface area (Å²) in [4.78, 5) is 23.7. The van der Waals surface area contributed by atoms with Crippen LogP contribution in [0.2, 0.25) is 0 Å². The first-order chi connectivity index (χ1) is 12.0. The number of hydrogen-bond acceptors (Lipinski definition) is 2. The molecule has 2 N–H and O–H groups in total. The van der Waals surface area contributed by atoms with Crippen LogP contribution in [-0.4, -0.2) is 23.5 Å². The second-order valence-electron chi connectivity index (χ2n) is 6.47. The smallest absolute Gasteiger partial charge is 0.308 e. The molecule has 0 heterocycles. The topological polar surface area (TPSA) is 66.4 Å². The Labute approximate surface area is 145 Å². The van der Waals surface area contributed by atoms with Crippen LogP contribution in [0, 0.1) is 17.7 Å². The fourth-order valence-corrected chi connectivity index (χ4v) is 3.06. The molecular formula is C20H20FNO3. The van der Waals surface area contributed by atoms with E-state index in [2.05, 4.69) is 5.32 Å². The highest BCUT2D eigenvalue weighted by Crippen LogP contribution is 2.47. The van der Waals surface area contributed by atoms with Gasteiger partial charge in [-0.3, -0.25) is 9.59 Å². The highest BCUT2D eigenvalue weighted by Gasteiger charge is 2.43. The van der Waals surface area contributed by atoms with Gasteiger partial charge in [-0.25, -0.2) is 4.39 Å². The Morgan fingerprint density at radius 2 is 1.80 bits per heavy atom. The van der Waals surface area contributed by atoms with Crippen LogP contribution < -0.4 is 5.32 Å². The number of amides is 1. The van der Waals surface area contributed by atoms with E-state index in [4.69, 9.17) is 0 Å². The lowest BCUT2D eigenvalue weighted by Gasteiger charge is -2.13. The molecule has 1 saturated carbocycles. The van der Waals surface area contributed by atoms with Crippen molar-refractivity contribution in [1.82, 2.24) is 5.32 Å². The van der Waals surface area contributed by atoms with Crippen LogP contribution in [0.3, 0.4) is 0 Å². The van der Waals surface area contributed by atoms with Crippen molar-refractivity contribution < 1.29 is 19.1 Å². The van der Waals surface area contributed by atoms with Gasteiger partial charge in [0.25, 0.3) is 0 Å². The van der Waals surface area contributed by atoms with Crippen LogP contribution in [-0.2, 0) is 16.0 Å². The lowest BCUT2D eigenvalue weighted by molar-refractivity contribution is -0.141. The van der Waals surface area contributed by atoms with Gasteiger partial charge >= 0.3 is 5.97 Å². The molecule has 25 heavy (non-hydrogen) atoms. The number of rotatable bonds is 7. The van der Waals surface area contributed by atoms with Crippen molar-refractivity contribution in [3.8, 4) is 0 Å². The number of nitrogens with one attached hydrogen (secondary N) is 1. The van der Waals surface area contributed by atoms with Gasteiger partial charge in [-0.15, -0.1) is 0 Å². The zero-order valence-corrected chi connectivity index (χ0v) is 13.7. The van der Waals surface area contributed by atoms with Crippen LogP contribution in [0.25, 0.3) is 0 Å². The number of carbonyl (C=O) groups excluding carboxylic acids is 1. The van der Waals surface area contributed by atoms with Crippen molar-refractivity contribution in [2.45, 2.75) is 18.8 Å². The number of halogens is 1. The standard InChI is InChI=1S/C20H20FNO3/c21-16-8-6-14(7-9-16)17-11-18(17)19(23)22-12-15(20(24)25)10-13-4-2-1-3-5-13/h1-9,15,17-18H,10-12H2,(H,22,23)(H,24,25). The zero-order chi connectivity index (χ0) is 17.8. The number of carboxylic acid groups (broad SMARTS) is 1. The Morgan fingerprint density at radius 3 is 2.44 bits per heavy atom. The van der Waals surface area contributed by atoms with E-state index in [0.717, 1.165) is 11.1 Å². The average molecular weight is 341 g/mol. The van der Waals surface area contributed by atoms with Crippen molar-refractivity contribution in [3.05, 3.63) is 71.5 Å². The number of carbonyl (C=O) groups is 2. The first kappa shape index (κ1) is 17.1. The number of carboxylic acids is 1. The van der Waals surface area contributed by atoms with E-state index in [0.29, 0.717) is 12.8 Å². The van der Waals surface area contributed by atoms with Crippen molar-refractivity contribution in [2.24, 2.45) is 11.8 Å². The van der Waals surface area contributed by atoms with E-state index in [1.165, 1.54) is 12.1 Å². The third kappa shape index (κ3) is 4.44. The maximum absolute atomic E-state index is 13.0. The normalized spacial score (nSPS) is 19.9. The molecule has 0 bridgehead atoms. The summed E-state index contributed by atoms with van der Waals surface area (Å²) in [5.74, 6) is -2.07. The van der Waals surface area contributed by atoms with Crippen molar-refractivity contribution in [2.75, 3.05) is 6.54 Å². The van der Waals surface area contributed by atoms with E-state index in [-0.39, 0.29) is 30.1 Å². The monoisotopic (exact) mass is 341 g/mol. The van der Waals surface area contributed by atoms with Crippen LogP contribution in [0.1, 0.15) is 23.5 Å². The van der Waals surface area contributed by atoms with Gasteiger partial charge in [0.2, 0.25) is 5.91 Å². The Bertz CT molecular complexity index is 745. The number of aliphatic carboxylic acids is 1. The molecule has 1 aliphatic rings. The highest BCUT2D eigenvalue weighted by molar-refractivity contribution is 5.83. The molecule has 1 fully saturated rings. The molecule has 130 valence electrons.